The Morgan fingerprint density at radius 2 is 1.82 bits per heavy atom. The number of benzene rings is 1. The fraction of sp³-hybridized carbons (Fsp3) is 0.625. The van der Waals surface area contributed by atoms with Crippen LogP contribution in [0.1, 0.15) is 56.7 Å². The predicted molar refractivity (Wildman–Crippen MR) is 74.3 cm³/mol. The van der Waals surface area contributed by atoms with E-state index < -0.39 is 0 Å². The Kier molecular flexibility index (Phi) is 3.88. The summed E-state index contributed by atoms with van der Waals surface area (Å²) in [5.74, 6) is 0. The molecule has 0 radical (unpaired) electrons. The van der Waals surface area contributed by atoms with Crippen LogP contribution < -0.4 is 5.32 Å². The second kappa shape index (κ2) is 5.22. The van der Waals surface area contributed by atoms with E-state index in [1.807, 2.05) is 0 Å². The standard InChI is InChI=1S/C16H25N/c1-4-16(3,5-2)17-12-13-9-10-14-7-6-8-15(14)11-13/h9-11,17H,4-8,12H2,1-3H3. The molecule has 0 bridgehead atoms. The Hall–Kier alpha value is -0.820. The molecule has 0 aliphatic heterocycles. The fourth-order valence-electron chi connectivity index (χ4n) is 2.55. The molecule has 0 spiro atoms. The molecule has 1 aliphatic carbocycles. The predicted octanol–water partition coefficient (Wildman–Crippen LogP) is 3.84. The molecule has 1 N–H and O–H groups in total. The first-order chi connectivity index (χ1) is 8.17. The summed E-state index contributed by atoms with van der Waals surface area (Å²) in [6.45, 7) is 7.85. The van der Waals surface area contributed by atoms with Crippen LogP contribution in [0.15, 0.2) is 18.2 Å². The molecular formula is C16H25N. The molecule has 1 aliphatic rings. The molecule has 2 rings (SSSR count). The van der Waals surface area contributed by atoms with Crippen molar-refractivity contribution in [2.75, 3.05) is 0 Å². The lowest BCUT2D eigenvalue weighted by Crippen LogP contribution is -2.40. The highest BCUT2D eigenvalue weighted by Gasteiger charge is 2.18. The molecule has 1 aromatic rings. The van der Waals surface area contributed by atoms with Gasteiger partial charge in [-0.05, 0) is 55.7 Å². The summed E-state index contributed by atoms with van der Waals surface area (Å²) in [4.78, 5) is 0. The Labute approximate surface area is 106 Å². The van der Waals surface area contributed by atoms with E-state index in [0.717, 1.165) is 6.54 Å². The summed E-state index contributed by atoms with van der Waals surface area (Å²) >= 11 is 0. The van der Waals surface area contributed by atoms with E-state index in [1.54, 1.807) is 11.1 Å². The van der Waals surface area contributed by atoms with Crippen molar-refractivity contribution in [2.24, 2.45) is 0 Å². The third-order valence-corrected chi connectivity index (χ3v) is 4.44. The first kappa shape index (κ1) is 12.6. The summed E-state index contributed by atoms with van der Waals surface area (Å²) in [6, 6.07) is 7.03. The summed E-state index contributed by atoms with van der Waals surface area (Å²) in [5, 5.41) is 3.70. The molecule has 94 valence electrons. The van der Waals surface area contributed by atoms with Gasteiger partial charge in [0.15, 0.2) is 0 Å². The van der Waals surface area contributed by atoms with E-state index in [1.165, 1.54) is 37.7 Å². The van der Waals surface area contributed by atoms with Crippen molar-refractivity contribution < 1.29 is 0 Å². The largest absolute Gasteiger partial charge is 0.307 e. The summed E-state index contributed by atoms with van der Waals surface area (Å²) in [5.41, 5.74) is 4.89. The number of nitrogens with one attached hydrogen (secondary N) is 1. The fourth-order valence-corrected chi connectivity index (χ4v) is 2.55. The van der Waals surface area contributed by atoms with Crippen LogP contribution in [0.25, 0.3) is 0 Å². The molecule has 1 nitrogen and oxygen atoms in total. The number of hydrogen-bond acceptors (Lipinski definition) is 1. The molecular weight excluding hydrogens is 206 g/mol. The quantitative estimate of drug-likeness (QED) is 0.812. The van der Waals surface area contributed by atoms with Gasteiger partial charge in [-0.1, -0.05) is 32.0 Å². The number of fused-ring (bicyclic) bond motifs is 1. The van der Waals surface area contributed by atoms with Gasteiger partial charge in [0.25, 0.3) is 0 Å². The summed E-state index contributed by atoms with van der Waals surface area (Å²) in [6.07, 6.45) is 6.28. The van der Waals surface area contributed by atoms with Crippen molar-refractivity contribution >= 4 is 0 Å². The van der Waals surface area contributed by atoms with Gasteiger partial charge in [0.2, 0.25) is 0 Å². The van der Waals surface area contributed by atoms with Gasteiger partial charge >= 0.3 is 0 Å². The van der Waals surface area contributed by atoms with Crippen LogP contribution in [0.3, 0.4) is 0 Å². The smallest absolute Gasteiger partial charge is 0.0210 e. The van der Waals surface area contributed by atoms with Crippen LogP contribution in [0.5, 0.6) is 0 Å². The maximum atomic E-state index is 3.70. The molecule has 0 fully saturated rings. The highest BCUT2D eigenvalue weighted by Crippen LogP contribution is 2.23. The molecule has 0 atom stereocenters. The topological polar surface area (TPSA) is 12.0 Å². The minimum Gasteiger partial charge on any atom is -0.307 e. The van der Waals surface area contributed by atoms with Crippen molar-refractivity contribution in [3.8, 4) is 0 Å². The molecule has 1 heteroatoms. The SMILES string of the molecule is CCC(C)(CC)NCc1ccc2c(c1)CCC2. The van der Waals surface area contributed by atoms with Crippen molar-refractivity contribution in [3.63, 3.8) is 0 Å². The summed E-state index contributed by atoms with van der Waals surface area (Å²) < 4.78 is 0. The van der Waals surface area contributed by atoms with Gasteiger partial charge in [0.1, 0.15) is 0 Å². The third kappa shape index (κ3) is 2.90. The minimum atomic E-state index is 0.291. The second-order valence-electron chi connectivity index (χ2n) is 5.58. The van der Waals surface area contributed by atoms with Crippen molar-refractivity contribution in [1.29, 1.82) is 0 Å². The van der Waals surface area contributed by atoms with Crippen LogP contribution in [-0.4, -0.2) is 5.54 Å². The average Bonchev–Trinajstić information content (AvgIpc) is 2.83. The highest BCUT2D eigenvalue weighted by atomic mass is 15.0. The zero-order chi connectivity index (χ0) is 12.3. The Bertz CT molecular complexity index is 377. The first-order valence-electron chi connectivity index (χ1n) is 7.02. The third-order valence-electron chi connectivity index (χ3n) is 4.44. The molecule has 0 amide bonds. The van der Waals surface area contributed by atoms with E-state index in [-0.39, 0.29) is 0 Å². The van der Waals surface area contributed by atoms with Crippen LogP contribution in [0, 0.1) is 0 Å². The van der Waals surface area contributed by atoms with Gasteiger partial charge in [0.05, 0.1) is 0 Å². The Morgan fingerprint density at radius 1 is 1.12 bits per heavy atom. The molecule has 0 saturated carbocycles. The summed E-state index contributed by atoms with van der Waals surface area (Å²) in [7, 11) is 0. The number of rotatable bonds is 5. The number of hydrogen-bond donors (Lipinski definition) is 1. The van der Waals surface area contributed by atoms with Crippen molar-refractivity contribution in [3.05, 3.63) is 34.9 Å². The average molecular weight is 231 g/mol. The molecule has 0 unspecified atom stereocenters. The highest BCUT2D eigenvalue weighted by molar-refractivity contribution is 5.35. The van der Waals surface area contributed by atoms with Gasteiger partial charge in [-0.3, -0.25) is 0 Å². The van der Waals surface area contributed by atoms with Crippen molar-refractivity contribution in [2.45, 2.75) is 65.0 Å². The molecule has 17 heavy (non-hydrogen) atoms. The van der Waals surface area contributed by atoms with E-state index in [4.69, 9.17) is 0 Å². The van der Waals surface area contributed by atoms with E-state index in [9.17, 15) is 0 Å². The van der Waals surface area contributed by atoms with Gasteiger partial charge in [-0.25, -0.2) is 0 Å². The second-order valence-corrected chi connectivity index (χ2v) is 5.58. The van der Waals surface area contributed by atoms with Crippen LogP contribution in [-0.2, 0) is 19.4 Å². The van der Waals surface area contributed by atoms with Gasteiger partial charge in [-0.2, -0.15) is 0 Å². The molecule has 1 aromatic carbocycles. The lowest BCUT2D eigenvalue weighted by atomic mass is 9.95. The lowest BCUT2D eigenvalue weighted by Gasteiger charge is -2.28. The first-order valence-corrected chi connectivity index (χ1v) is 7.02. The number of aryl methyl sites for hydroxylation is 2. The van der Waals surface area contributed by atoms with Crippen LogP contribution in [0.4, 0.5) is 0 Å². The maximum Gasteiger partial charge on any atom is 0.0210 e. The Balaban J connectivity index is 2.00. The zero-order valence-corrected chi connectivity index (χ0v) is 11.5. The van der Waals surface area contributed by atoms with E-state index >= 15 is 0 Å². The van der Waals surface area contributed by atoms with Gasteiger partial charge in [-0.15, -0.1) is 0 Å². The van der Waals surface area contributed by atoms with Gasteiger partial charge in [0, 0.05) is 12.1 Å². The monoisotopic (exact) mass is 231 g/mol. The lowest BCUT2D eigenvalue weighted by molar-refractivity contribution is 0.329. The Morgan fingerprint density at radius 3 is 2.53 bits per heavy atom. The normalized spacial score (nSPS) is 15.0. The maximum absolute atomic E-state index is 3.70. The molecule has 0 saturated heterocycles. The van der Waals surface area contributed by atoms with Gasteiger partial charge < -0.3 is 5.32 Å². The van der Waals surface area contributed by atoms with Crippen LogP contribution in [0.2, 0.25) is 0 Å². The molecule has 0 aromatic heterocycles. The van der Waals surface area contributed by atoms with Crippen LogP contribution >= 0.6 is 0 Å². The molecule has 0 heterocycles. The van der Waals surface area contributed by atoms with E-state index in [2.05, 4.69) is 44.3 Å². The zero-order valence-electron chi connectivity index (χ0n) is 11.5. The minimum absolute atomic E-state index is 0.291. The van der Waals surface area contributed by atoms with E-state index in [0.29, 0.717) is 5.54 Å². The van der Waals surface area contributed by atoms with Crippen molar-refractivity contribution in [1.82, 2.24) is 5.32 Å².